The number of halogens is 2. The number of ether oxygens (including phenoxy) is 2. The molecule has 116 valence electrons. The average molecular weight is 349 g/mol. The van der Waals surface area contributed by atoms with Gasteiger partial charge in [0.25, 0.3) is 0 Å². The van der Waals surface area contributed by atoms with Gasteiger partial charge in [0.05, 0.1) is 28.3 Å². The van der Waals surface area contributed by atoms with Crippen LogP contribution >= 0.6 is 23.2 Å². The lowest BCUT2D eigenvalue weighted by Gasteiger charge is -2.01. The first-order valence-corrected chi connectivity index (χ1v) is 7.37. The van der Waals surface area contributed by atoms with Crippen molar-refractivity contribution in [2.45, 2.75) is 0 Å². The van der Waals surface area contributed by atoms with E-state index in [4.69, 9.17) is 27.9 Å². The van der Waals surface area contributed by atoms with Gasteiger partial charge in [0.15, 0.2) is 5.76 Å². The van der Waals surface area contributed by atoms with Gasteiger partial charge in [-0.25, -0.2) is 4.79 Å². The van der Waals surface area contributed by atoms with E-state index < -0.39 is 5.97 Å². The maximum Gasteiger partial charge on any atom is 0.337 e. The molecule has 0 atom stereocenters. The highest BCUT2D eigenvalue weighted by Crippen LogP contribution is 2.33. The number of hydrogen-bond donors (Lipinski definition) is 0. The van der Waals surface area contributed by atoms with Gasteiger partial charge in [-0.3, -0.25) is 4.79 Å². The fourth-order valence-electron chi connectivity index (χ4n) is 2.19. The summed E-state index contributed by atoms with van der Waals surface area (Å²) in [7, 11) is 1.28. The van der Waals surface area contributed by atoms with Crippen LogP contribution in [-0.4, -0.2) is 18.9 Å². The lowest BCUT2D eigenvalue weighted by atomic mass is 10.1. The smallest absolute Gasteiger partial charge is 0.337 e. The van der Waals surface area contributed by atoms with E-state index in [0.29, 0.717) is 32.5 Å². The molecule has 0 unspecified atom stereocenters. The highest BCUT2D eigenvalue weighted by molar-refractivity contribution is 6.42. The van der Waals surface area contributed by atoms with Crippen molar-refractivity contribution in [1.82, 2.24) is 0 Å². The second kappa shape index (κ2) is 6.07. The number of esters is 1. The molecular formula is C17H10Cl2O4. The Hall–Kier alpha value is -2.30. The SMILES string of the molecule is COC(=O)c1ccc2c(c1)C(=O)/C(=C/c1ccc(Cl)c(Cl)c1)O2. The molecule has 1 aliphatic rings. The number of methoxy groups -OCH3 is 1. The second-order valence-corrected chi connectivity index (χ2v) is 5.63. The Labute approximate surface area is 142 Å². The van der Waals surface area contributed by atoms with Crippen LogP contribution in [0.4, 0.5) is 0 Å². The molecule has 0 radical (unpaired) electrons. The van der Waals surface area contributed by atoms with Crippen molar-refractivity contribution >= 4 is 41.0 Å². The Balaban J connectivity index is 1.95. The van der Waals surface area contributed by atoms with Crippen LogP contribution < -0.4 is 4.74 Å². The summed E-state index contributed by atoms with van der Waals surface area (Å²) in [5, 5.41) is 0.815. The van der Waals surface area contributed by atoms with Crippen LogP contribution in [0.3, 0.4) is 0 Å². The molecule has 23 heavy (non-hydrogen) atoms. The van der Waals surface area contributed by atoms with E-state index in [1.54, 1.807) is 36.4 Å². The highest BCUT2D eigenvalue weighted by Gasteiger charge is 2.28. The highest BCUT2D eigenvalue weighted by atomic mass is 35.5. The van der Waals surface area contributed by atoms with Crippen molar-refractivity contribution in [3.63, 3.8) is 0 Å². The maximum atomic E-state index is 12.4. The van der Waals surface area contributed by atoms with E-state index in [0.717, 1.165) is 0 Å². The minimum atomic E-state index is -0.512. The third-order valence-electron chi connectivity index (χ3n) is 3.33. The molecule has 0 saturated carbocycles. The summed E-state index contributed by atoms with van der Waals surface area (Å²) in [5.74, 6) is -0.270. The minimum Gasteiger partial charge on any atom is -0.465 e. The molecule has 0 fully saturated rings. The average Bonchev–Trinajstić information content (AvgIpc) is 2.86. The van der Waals surface area contributed by atoms with E-state index in [9.17, 15) is 9.59 Å². The number of fused-ring (bicyclic) bond motifs is 1. The first-order valence-electron chi connectivity index (χ1n) is 6.61. The summed E-state index contributed by atoms with van der Waals surface area (Å²) in [6, 6.07) is 9.56. The topological polar surface area (TPSA) is 52.6 Å². The molecule has 4 nitrogen and oxygen atoms in total. The summed E-state index contributed by atoms with van der Waals surface area (Å²) in [5.41, 5.74) is 1.29. The van der Waals surface area contributed by atoms with Crippen LogP contribution in [0.1, 0.15) is 26.3 Å². The molecule has 1 aliphatic heterocycles. The number of allylic oxidation sites excluding steroid dienone is 1. The molecule has 0 amide bonds. The van der Waals surface area contributed by atoms with Crippen LogP contribution in [0.5, 0.6) is 5.75 Å². The summed E-state index contributed by atoms with van der Waals surface area (Å²) in [6.07, 6.45) is 1.57. The molecule has 1 heterocycles. The quantitative estimate of drug-likeness (QED) is 0.596. The van der Waals surface area contributed by atoms with Crippen molar-refractivity contribution in [2.75, 3.05) is 7.11 Å². The van der Waals surface area contributed by atoms with Crippen molar-refractivity contribution in [3.05, 3.63) is 68.9 Å². The fourth-order valence-corrected chi connectivity index (χ4v) is 2.49. The van der Waals surface area contributed by atoms with E-state index in [2.05, 4.69) is 4.74 Å². The minimum absolute atomic E-state index is 0.153. The first-order chi connectivity index (χ1) is 11.0. The van der Waals surface area contributed by atoms with Crippen molar-refractivity contribution in [3.8, 4) is 5.75 Å². The molecule has 2 aromatic carbocycles. The van der Waals surface area contributed by atoms with Crippen LogP contribution in [-0.2, 0) is 4.74 Å². The molecular weight excluding hydrogens is 339 g/mol. The lowest BCUT2D eigenvalue weighted by Crippen LogP contribution is -2.02. The van der Waals surface area contributed by atoms with Gasteiger partial charge in [0.2, 0.25) is 5.78 Å². The fraction of sp³-hybridized carbons (Fsp3) is 0.0588. The zero-order valence-electron chi connectivity index (χ0n) is 11.9. The number of hydrogen-bond acceptors (Lipinski definition) is 4. The Kier molecular flexibility index (Phi) is 4.11. The zero-order valence-corrected chi connectivity index (χ0v) is 13.4. The van der Waals surface area contributed by atoms with Crippen LogP contribution in [0.15, 0.2) is 42.2 Å². The Bertz CT molecular complexity index is 856. The molecule has 0 aromatic heterocycles. The van der Waals surface area contributed by atoms with E-state index in [1.807, 2.05) is 0 Å². The third kappa shape index (κ3) is 2.96. The van der Waals surface area contributed by atoms with Crippen molar-refractivity contribution in [1.29, 1.82) is 0 Å². The molecule has 3 rings (SSSR count). The number of Topliss-reactive ketones (excluding diaryl/α,β-unsaturated/α-hetero) is 1. The van der Waals surface area contributed by atoms with E-state index in [1.165, 1.54) is 13.2 Å². The third-order valence-corrected chi connectivity index (χ3v) is 4.07. The van der Waals surface area contributed by atoms with E-state index >= 15 is 0 Å². The van der Waals surface area contributed by atoms with Crippen LogP contribution in [0.2, 0.25) is 10.0 Å². The molecule has 0 aliphatic carbocycles. The maximum absolute atomic E-state index is 12.4. The number of rotatable bonds is 2. The number of carbonyl (C=O) groups is 2. The van der Waals surface area contributed by atoms with Gasteiger partial charge in [0.1, 0.15) is 5.75 Å². The molecule has 0 spiro atoms. The van der Waals surface area contributed by atoms with Gasteiger partial charge in [0, 0.05) is 0 Å². The van der Waals surface area contributed by atoms with Gasteiger partial charge in [-0.15, -0.1) is 0 Å². The van der Waals surface area contributed by atoms with Crippen LogP contribution in [0, 0.1) is 0 Å². The zero-order chi connectivity index (χ0) is 16.6. The van der Waals surface area contributed by atoms with E-state index in [-0.39, 0.29) is 11.5 Å². The lowest BCUT2D eigenvalue weighted by molar-refractivity contribution is 0.0600. The largest absolute Gasteiger partial charge is 0.465 e. The molecule has 0 bridgehead atoms. The summed E-state index contributed by atoms with van der Waals surface area (Å²) >= 11 is 11.8. The van der Waals surface area contributed by atoms with Gasteiger partial charge in [-0.05, 0) is 42.0 Å². The monoisotopic (exact) mass is 348 g/mol. The predicted molar refractivity (Wildman–Crippen MR) is 87.2 cm³/mol. The normalized spacial score (nSPS) is 14.6. The van der Waals surface area contributed by atoms with Gasteiger partial charge < -0.3 is 9.47 Å². The molecule has 0 saturated heterocycles. The Morgan fingerprint density at radius 3 is 2.61 bits per heavy atom. The summed E-state index contributed by atoms with van der Waals surface area (Å²) < 4.78 is 10.2. The first kappa shape index (κ1) is 15.6. The van der Waals surface area contributed by atoms with Crippen LogP contribution in [0.25, 0.3) is 6.08 Å². The number of ketones is 1. The Morgan fingerprint density at radius 1 is 1.13 bits per heavy atom. The van der Waals surface area contributed by atoms with Crippen molar-refractivity contribution < 1.29 is 19.1 Å². The van der Waals surface area contributed by atoms with Gasteiger partial charge in [-0.2, -0.15) is 0 Å². The van der Waals surface area contributed by atoms with Crippen molar-refractivity contribution in [2.24, 2.45) is 0 Å². The molecule has 0 N–H and O–H groups in total. The number of carbonyl (C=O) groups excluding carboxylic acids is 2. The summed E-state index contributed by atoms with van der Waals surface area (Å²) in [4.78, 5) is 24.0. The predicted octanol–water partition coefficient (Wildman–Crippen LogP) is 4.40. The Morgan fingerprint density at radius 2 is 1.91 bits per heavy atom. The summed E-state index contributed by atoms with van der Waals surface area (Å²) in [6.45, 7) is 0. The number of benzene rings is 2. The standard InChI is InChI=1S/C17H10Cl2O4/c1-22-17(21)10-3-5-14-11(8-10)16(20)15(23-14)7-9-2-4-12(18)13(19)6-9/h2-8H,1H3/b15-7-. The van der Waals surface area contributed by atoms with Gasteiger partial charge in [-0.1, -0.05) is 29.3 Å². The molecule has 2 aromatic rings. The second-order valence-electron chi connectivity index (χ2n) is 4.82. The van der Waals surface area contributed by atoms with Gasteiger partial charge >= 0.3 is 5.97 Å². The molecule has 6 heteroatoms.